The summed E-state index contributed by atoms with van der Waals surface area (Å²) >= 11 is 6.06. The highest BCUT2D eigenvalue weighted by atomic mass is 35.5. The number of H-pyrrole nitrogens is 1. The number of amides is 2. The number of fused-ring (bicyclic) bond motifs is 3. The van der Waals surface area contributed by atoms with Crippen LogP contribution in [0, 0.1) is 0 Å². The van der Waals surface area contributed by atoms with Crippen LogP contribution >= 0.6 is 11.6 Å². The van der Waals surface area contributed by atoms with Crippen molar-refractivity contribution in [1.29, 1.82) is 0 Å². The van der Waals surface area contributed by atoms with Crippen LogP contribution in [0.5, 0.6) is 0 Å². The molecule has 1 aromatic carbocycles. The quantitative estimate of drug-likeness (QED) is 0.669. The maximum atomic E-state index is 12.2. The van der Waals surface area contributed by atoms with E-state index < -0.39 is 0 Å². The number of urea groups is 1. The number of hydrogen-bond donors (Lipinski definition) is 3. The molecule has 6 nitrogen and oxygen atoms in total. The van der Waals surface area contributed by atoms with Crippen LogP contribution < -0.4 is 10.6 Å². The van der Waals surface area contributed by atoms with Gasteiger partial charge in [-0.15, -0.1) is 0 Å². The zero-order valence-electron chi connectivity index (χ0n) is 12.8. The number of aromatic nitrogens is 3. The summed E-state index contributed by atoms with van der Waals surface area (Å²) in [4.78, 5) is 16.6. The van der Waals surface area contributed by atoms with E-state index in [-0.39, 0.29) is 12.1 Å². The molecule has 2 amide bonds. The van der Waals surface area contributed by atoms with Gasteiger partial charge < -0.3 is 10.6 Å². The summed E-state index contributed by atoms with van der Waals surface area (Å²) < 4.78 is 0. The van der Waals surface area contributed by atoms with Gasteiger partial charge in [0.05, 0.1) is 16.9 Å². The first-order valence-corrected chi connectivity index (χ1v) is 8.20. The van der Waals surface area contributed by atoms with Crippen molar-refractivity contribution in [2.45, 2.75) is 25.3 Å². The molecule has 122 valence electrons. The lowest BCUT2D eigenvalue weighted by molar-refractivity contribution is 0.247. The summed E-state index contributed by atoms with van der Waals surface area (Å²) in [5.74, 6) is 0. The van der Waals surface area contributed by atoms with Crippen LogP contribution in [0.1, 0.15) is 17.5 Å². The number of carbonyl (C=O) groups excluding carboxylic acids is 1. The lowest BCUT2D eigenvalue weighted by Crippen LogP contribution is -2.41. The highest BCUT2D eigenvalue weighted by Crippen LogP contribution is 2.27. The molecule has 3 N–H and O–H groups in total. The molecule has 1 aliphatic rings. The first-order valence-electron chi connectivity index (χ1n) is 7.82. The zero-order valence-corrected chi connectivity index (χ0v) is 13.6. The highest BCUT2D eigenvalue weighted by Gasteiger charge is 2.23. The number of benzene rings is 1. The second kappa shape index (κ2) is 6.13. The lowest BCUT2D eigenvalue weighted by atomic mass is 9.88. The number of carbonyl (C=O) groups is 1. The maximum Gasteiger partial charge on any atom is 0.319 e. The molecule has 0 saturated heterocycles. The molecule has 1 aliphatic carbocycles. The minimum atomic E-state index is -0.242. The van der Waals surface area contributed by atoms with Crippen LogP contribution in [0.4, 0.5) is 10.5 Å². The van der Waals surface area contributed by atoms with E-state index in [1.807, 2.05) is 24.5 Å². The number of aryl methyl sites for hydroxylation is 1. The van der Waals surface area contributed by atoms with Crippen molar-refractivity contribution in [3.8, 4) is 0 Å². The lowest BCUT2D eigenvalue weighted by Gasteiger charge is -2.25. The first kappa shape index (κ1) is 15.0. The van der Waals surface area contributed by atoms with E-state index in [1.54, 1.807) is 12.1 Å². The Morgan fingerprint density at radius 2 is 2.17 bits per heavy atom. The Balaban J connectivity index is 1.45. The first-order chi connectivity index (χ1) is 11.7. The minimum absolute atomic E-state index is 0.0751. The van der Waals surface area contributed by atoms with Crippen LogP contribution in [0.25, 0.3) is 11.0 Å². The zero-order chi connectivity index (χ0) is 16.5. The largest absolute Gasteiger partial charge is 0.335 e. The summed E-state index contributed by atoms with van der Waals surface area (Å²) in [6.07, 6.45) is 6.23. The van der Waals surface area contributed by atoms with Crippen molar-refractivity contribution in [2.75, 3.05) is 5.32 Å². The number of nitrogens with zero attached hydrogens (tertiary/aromatic N) is 2. The summed E-state index contributed by atoms with van der Waals surface area (Å²) in [5.41, 5.74) is 3.86. The smallest absolute Gasteiger partial charge is 0.319 e. The molecule has 1 atom stereocenters. The topological polar surface area (TPSA) is 82.7 Å². The Hall–Kier alpha value is -2.60. The van der Waals surface area contributed by atoms with Gasteiger partial charge in [-0.25, -0.2) is 9.78 Å². The van der Waals surface area contributed by atoms with E-state index in [9.17, 15) is 4.79 Å². The molecule has 0 radical (unpaired) electrons. The molecule has 0 fully saturated rings. The average Bonchev–Trinajstić information content (AvgIpc) is 3.05. The molecule has 0 saturated carbocycles. The number of rotatable bonds is 2. The molecule has 0 aliphatic heterocycles. The number of para-hydroxylation sites is 1. The number of hydrogen-bond acceptors (Lipinski definition) is 3. The fraction of sp³-hybridized carbons (Fsp3) is 0.235. The van der Waals surface area contributed by atoms with E-state index in [2.05, 4.69) is 25.8 Å². The van der Waals surface area contributed by atoms with Crippen molar-refractivity contribution in [3.05, 3.63) is 52.8 Å². The van der Waals surface area contributed by atoms with Gasteiger partial charge in [-0.3, -0.25) is 5.10 Å². The number of anilines is 1. The monoisotopic (exact) mass is 341 g/mol. The van der Waals surface area contributed by atoms with Crippen molar-refractivity contribution < 1.29 is 4.79 Å². The van der Waals surface area contributed by atoms with Gasteiger partial charge in [0, 0.05) is 17.6 Å². The molecule has 2 aromatic heterocycles. The van der Waals surface area contributed by atoms with Crippen molar-refractivity contribution >= 4 is 34.4 Å². The third-order valence-corrected chi connectivity index (χ3v) is 4.68. The fourth-order valence-corrected chi connectivity index (χ4v) is 3.36. The van der Waals surface area contributed by atoms with E-state index in [0.29, 0.717) is 10.7 Å². The second-order valence-corrected chi connectivity index (χ2v) is 6.32. The standard InChI is InChI=1S/C17H16ClN5O/c18-14-3-1-2-4-15(14)22-17(24)21-11-5-6-12-10(7-11)8-19-16-13(12)9-20-23-16/h1-4,8-9,11H,5-7H2,(H,19,20,23)(H2,21,22,24). The number of pyridine rings is 1. The predicted octanol–water partition coefficient (Wildman–Crippen LogP) is 3.29. The minimum Gasteiger partial charge on any atom is -0.335 e. The summed E-state index contributed by atoms with van der Waals surface area (Å²) in [6.45, 7) is 0. The van der Waals surface area contributed by atoms with Crippen LogP contribution in [0.3, 0.4) is 0 Å². The molecular weight excluding hydrogens is 326 g/mol. The van der Waals surface area contributed by atoms with Gasteiger partial charge in [0.2, 0.25) is 0 Å². The van der Waals surface area contributed by atoms with E-state index in [0.717, 1.165) is 35.9 Å². The Labute approximate surface area is 143 Å². The molecule has 0 spiro atoms. The third kappa shape index (κ3) is 2.80. The Morgan fingerprint density at radius 3 is 3.04 bits per heavy atom. The Morgan fingerprint density at radius 1 is 1.29 bits per heavy atom. The van der Waals surface area contributed by atoms with Gasteiger partial charge in [-0.1, -0.05) is 23.7 Å². The van der Waals surface area contributed by atoms with Gasteiger partial charge in [0.25, 0.3) is 0 Å². The third-order valence-electron chi connectivity index (χ3n) is 4.35. The predicted molar refractivity (Wildman–Crippen MR) is 93.3 cm³/mol. The van der Waals surface area contributed by atoms with Crippen LogP contribution in [0.15, 0.2) is 36.7 Å². The molecule has 4 rings (SSSR count). The second-order valence-electron chi connectivity index (χ2n) is 5.91. The van der Waals surface area contributed by atoms with Crippen molar-refractivity contribution in [2.24, 2.45) is 0 Å². The Bertz CT molecular complexity index is 907. The normalized spacial score (nSPS) is 16.6. The van der Waals surface area contributed by atoms with Gasteiger partial charge in [0.1, 0.15) is 0 Å². The van der Waals surface area contributed by atoms with Gasteiger partial charge in [-0.05, 0) is 42.5 Å². The maximum absolute atomic E-state index is 12.2. The molecule has 1 unspecified atom stereocenters. The van der Waals surface area contributed by atoms with E-state index in [1.165, 1.54) is 5.56 Å². The van der Waals surface area contributed by atoms with Gasteiger partial charge in [-0.2, -0.15) is 5.10 Å². The summed E-state index contributed by atoms with van der Waals surface area (Å²) in [7, 11) is 0. The number of halogens is 1. The van der Waals surface area contributed by atoms with E-state index in [4.69, 9.17) is 11.6 Å². The van der Waals surface area contributed by atoms with E-state index >= 15 is 0 Å². The summed E-state index contributed by atoms with van der Waals surface area (Å²) in [5, 5.41) is 14.4. The van der Waals surface area contributed by atoms with Gasteiger partial charge in [0.15, 0.2) is 5.65 Å². The molecule has 0 bridgehead atoms. The Kier molecular flexibility index (Phi) is 3.82. The van der Waals surface area contributed by atoms with Crippen LogP contribution in [-0.2, 0) is 12.8 Å². The summed E-state index contributed by atoms with van der Waals surface area (Å²) in [6, 6.07) is 7.01. The van der Waals surface area contributed by atoms with Crippen molar-refractivity contribution in [3.63, 3.8) is 0 Å². The molecular formula is C17H16ClN5O. The number of aromatic amines is 1. The highest BCUT2D eigenvalue weighted by molar-refractivity contribution is 6.33. The SMILES string of the molecule is O=C(Nc1ccccc1Cl)NC1CCc2c(cnc3[nH]ncc23)C1. The fourth-order valence-electron chi connectivity index (χ4n) is 3.18. The molecule has 3 aromatic rings. The molecule has 24 heavy (non-hydrogen) atoms. The molecule has 2 heterocycles. The van der Waals surface area contributed by atoms with Crippen LogP contribution in [-0.4, -0.2) is 27.3 Å². The van der Waals surface area contributed by atoms with Gasteiger partial charge >= 0.3 is 6.03 Å². The number of nitrogens with one attached hydrogen (secondary N) is 3. The van der Waals surface area contributed by atoms with Crippen molar-refractivity contribution in [1.82, 2.24) is 20.5 Å². The van der Waals surface area contributed by atoms with Crippen LogP contribution in [0.2, 0.25) is 5.02 Å². The molecule has 7 heteroatoms. The average molecular weight is 342 g/mol.